The van der Waals surface area contributed by atoms with E-state index in [4.69, 9.17) is 0 Å². The molecule has 0 spiro atoms. The number of aliphatic imine (C=N–C) groups is 1. The van der Waals surface area contributed by atoms with Crippen LogP contribution in [0.5, 0.6) is 0 Å². The Morgan fingerprint density at radius 2 is 2.53 bits per heavy atom. The lowest BCUT2D eigenvalue weighted by molar-refractivity contribution is 0.555. The van der Waals surface area contributed by atoms with E-state index in [1.54, 1.807) is 6.20 Å². The van der Waals surface area contributed by atoms with Crippen molar-refractivity contribution in [3.8, 4) is 0 Å². The van der Waals surface area contributed by atoms with Gasteiger partial charge in [0.25, 0.3) is 0 Å². The standard InChI is InChI=1S/C9H15N5S/c1(6-14-7-5-12-13-14)3-10-9-11-4-2-8-15-9/h5,7H,1-4,6,8H2,(H,10,11). The van der Waals surface area contributed by atoms with E-state index in [0.717, 1.165) is 31.2 Å². The van der Waals surface area contributed by atoms with Gasteiger partial charge in [0.1, 0.15) is 0 Å². The Balaban J connectivity index is 1.60. The van der Waals surface area contributed by atoms with Crippen LogP contribution in [0.25, 0.3) is 0 Å². The van der Waals surface area contributed by atoms with Crippen molar-refractivity contribution in [2.75, 3.05) is 18.8 Å². The number of nitrogens with one attached hydrogen (secondary N) is 1. The first-order valence-electron chi connectivity index (χ1n) is 5.20. The molecule has 5 nitrogen and oxygen atoms in total. The average Bonchev–Trinajstić information content (AvgIpc) is 2.79. The topological polar surface area (TPSA) is 55.1 Å². The number of rotatable bonds is 4. The van der Waals surface area contributed by atoms with Gasteiger partial charge in [0.2, 0.25) is 0 Å². The molecule has 0 fully saturated rings. The first-order valence-corrected chi connectivity index (χ1v) is 6.19. The maximum absolute atomic E-state index is 4.40. The van der Waals surface area contributed by atoms with Gasteiger partial charge in [0, 0.05) is 31.6 Å². The number of aromatic nitrogens is 3. The van der Waals surface area contributed by atoms with Crippen molar-refractivity contribution >= 4 is 16.9 Å². The van der Waals surface area contributed by atoms with E-state index >= 15 is 0 Å². The van der Waals surface area contributed by atoms with Crippen LogP contribution in [-0.4, -0.2) is 39.0 Å². The summed E-state index contributed by atoms with van der Waals surface area (Å²) in [4.78, 5) is 4.40. The second-order valence-corrected chi connectivity index (χ2v) is 4.42. The van der Waals surface area contributed by atoms with Crippen LogP contribution in [0.3, 0.4) is 0 Å². The minimum Gasteiger partial charge on any atom is -0.365 e. The van der Waals surface area contributed by atoms with E-state index in [1.165, 1.54) is 12.2 Å². The number of amidine groups is 1. The minimum atomic E-state index is 0.908. The Hall–Kier alpha value is -1.04. The molecule has 2 rings (SSSR count). The number of nitrogens with zero attached hydrogens (tertiary/aromatic N) is 4. The minimum absolute atomic E-state index is 0.908. The normalized spacial score (nSPS) is 16.1. The van der Waals surface area contributed by atoms with Crippen LogP contribution in [0.4, 0.5) is 0 Å². The maximum atomic E-state index is 4.40. The molecule has 0 saturated carbocycles. The summed E-state index contributed by atoms with van der Waals surface area (Å²) in [7, 11) is 0. The predicted molar refractivity (Wildman–Crippen MR) is 62.0 cm³/mol. The van der Waals surface area contributed by atoms with Gasteiger partial charge in [-0.3, -0.25) is 9.67 Å². The van der Waals surface area contributed by atoms with Crippen LogP contribution in [0.15, 0.2) is 17.4 Å². The molecule has 1 aromatic rings. The van der Waals surface area contributed by atoms with E-state index in [1.807, 2.05) is 22.6 Å². The second-order valence-electron chi connectivity index (χ2n) is 3.34. The molecule has 0 bridgehead atoms. The van der Waals surface area contributed by atoms with Crippen molar-refractivity contribution in [2.24, 2.45) is 4.99 Å². The number of hydrogen-bond acceptors (Lipinski definition) is 5. The summed E-state index contributed by atoms with van der Waals surface area (Å²) in [6.07, 6.45) is 5.83. The molecule has 1 aliphatic heterocycles. The lowest BCUT2D eigenvalue weighted by atomic mass is 10.4. The third kappa shape index (κ3) is 3.54. The number of aryl methyl sites for hydroxylation is 1. The molecule has 82 valence electrons. The molecule has 15 heavy (non-hydrogen) atoms. The number of hydrogen-bond donors (Lipinski definition) is 1. The summed E-state index contributed by atoms with van der Waals surface area (Å²) >= 11 is 1.82. The maximum Gasteiger partial charge on any atom is 0.156 e. The zero-order chi connectivity index (χ0) is 10.3. The summed E-state index contributed by atoms with van der Waals surface area (Å²) in [6, 6.07) is 0. The van der Waals surface area contributed by atoms with E-state index in [9.17, 15) is 0 Å². The Kier molecular flexibility index (Phi) is 4.01. The highest BCUT2D eigenvalue weighted by Crippen LogP contribution is 2.09. The molecule has 6 heteroatoms. The first kappa shape index (κ1) is 10.5. The Morgan fingerprint density at radius 1 is 1.53 bits per heavy atom. The van der Waals surface area contributed by atoms with Gasteiger partial charge in [-0.1, -0.05) is 17.0 Å². The molecule has 2 heterocycles. The Labute approximate surface area is 93.3 Å². The molecule has 1 aromatic heterocycles. The summed E-state index contributed by atoms with van der Waals surface area (Å²) in [6.45, 7) is 2.83. The van der Waals surface area contributed by atoms with Gasteiger partial charge in [-0.15, -0.1) is 5.10 Å². The largest absolute Gasteiger partial charge is 0.365 e. The third-order valence-corrected chi connectivity index (χ3v) is 3.15. The lowest BCUT2D eigenvalue weighted by Crippen LogP contribution is -2.25. The van der Waals surface area contributed by atoms with Gasteiger partial charge in [0.15, 0.2) is 5.17 Å². The third-order valence-electron chi connectivity index (χ3n) is 2.11. The van der Waals surface area contributed by atoms with Crippen molar-refractivity contribution in [1.82, 2.24) is 20.3 Å². The fourth-order valence-electron chi connectivity index (χ4n) is 1.35. The highest BCUT2D eigenvalue weighted by Gasteiger charge is 2.03. The fourth-order valence-corrected chi connectivity index (χ4v) is 2.21. The fraction of sp³-hybridized carbons (Fsp3) is 0.667. The zero-order valence-electron chi connectivity index (χ0n) is 8.59. The highest BCUT2D eigenvalue weighted by molar-refractivity contribution is 8.13. The molecule has 0 radical (unpaired) electrons. The quantitative estimate of drug-likeness (QED) is 0.768. The van der Waals surface area contributed by atoms with Crippen LogP contribution in [0.1, 0.15) is 12.8 Å². The smallest absolute Gasteiger partial charge is 0.156 e. The van der Waals surface area contributed by atoms with Crippen molar-refractivity contribution in [1.29, 1.82) is 0 Å². The average molecular weight is 225 g/mol. The van der Waals surface area contributed by atoms with Gasteiger partial charge in [0.05, 0.1) is 6.20 Å². The van der Waals surface area contributed by atoms with Gasteiger partial charge in [-0.2, -0.15) is 0 Å². The van der Waals surface area contributed by atoms with E-state index in [-0.39, 0.29) is 0 Å². The monoisotopic (exact) mass is 225 g/mol. The van der Waals surface area contributed by atoms with Crippen LogP contribution < -0.4 is 5.32 Å². The zero-order valence-corrected chi connectivity index (χ0v) is 9.41. The molecule has 0 saturated heterocycles. The SMILES string of the molecule is c1cn(CCCNC2=NCCCS2)nn1. The van der Waals surface area contributed by atoms with Crippen molar-refractivity contribution in [2.45, 2.75) is 19.4 Å². The molecule has 0 unspecified atom stereocenters. The lowest BCUT2D eigenvalue weighted by Gasteiger charge is -2.12. The van der Waals surface area contributed by atoms with Crippen molar-refractivity contribution in [3.63, 3.8) is 0 Å². The van der Waals surface area contributed by atoms with Crippen molar-refractivity contribution < 1.29 is 0 Å². The van der Waals surface area contributed by atoms with Gasteiger partial charge >= 0.3 is 0 Å². The Morgan fingerprint density at radius 3 is 3.27 bits per heavy atom. The summed E-state index contributed by atoms with van der Waals surface area (Å²) < 4.78 is 1.84. The van der Waals surface area contributed by atoms with Crippen LogP contribution in [-0.2, 0) is 6.54 Å². The van der Waals surface area contributed by atoms with E-state index in [2.05, 4.69) is 20.6 Å². The van der Waals surface area contributed by atoms with E-state index < -0.39 is 0 Å². The molecule has 0 amide bonds. The molecule has 0 atom stereocenters. The van der Waals surface area contributed by atoms with Crippen LogP contribution in [0, 0.1) is 0 Å². The molecule has 1 N–H and O–H groups in total. The van der Waals surface area contributed by atoms with Gasteiger partial charge in [-0.05, 0) is 12.8 Å². The number of thioether (sulfide) groups is 1. The molecule has 0 aliphatic carbocycles. The second kappa shape index (κ2) is 5.75. The van der Waals surface area contributed by atoms with Crippen LogP contribution >= 0.6 is 11.8 Å². The summed E-state index contributed by atoms with van der Waals surface area (Å²) in [5.74, 6) is 1.19. The molecule has 0 aromatic carbocycles. The van der Waals surface area contributed by atoms with Gasteiger partial charge in [-0.25, -0.2) is 0 Å². The summed E-state index contributed by atoms with van der Waals surface area (Å²) in [5, 5.41) is 12.1. The molecular formula is C9H15N5S. The Bertz CT molecular complexity index is 308. The molecule has 1 aliphatic rings. The van der Waals surface area contributed by atoms with Crippen LogP contribution in [0.2, 0.25) is 0 Å². The van der Waals surface area contributed by atoms with Crippen molar-refractivity contribution in [3.05, 3.63) is 12.4 Å². The highest BCUT2D eigenvalue weighted by atomic mass is 32.2. The van der Waals surface area contributed by atoms with Gasteiger partial charge < -0.3 is 5.32 Å². The first-order chi connectivity index (χ1) is 7.45. The van der Waals surface area contributed by atoms with E-state index in [0.29, 0.717) is 0 Å². The summed E-state index contributed by atoms with van der Waals surface area (Å²) in [5.41, 5.74) is 0. The molecular weight excluding hydrogens is 210 g/mol. The predicted octanol–water partition coefficient (Wildman–Crippen LogP) is 0.751.